The molecule has 6 heteroatoms. The fourth-order valence-electron chi connectivity index (χ4n) is 4.88. The van der Waals surface area contributed by atoms with Gasteiger partial charge in [-0.3, -0.25) is 9.59 Å². The van der Waals surface area contributed by atoms with Crippen LogP contribution in [0.4, 0.5) is 5.82 Å². The van der Waals surface area contributed by atoms with Crippen LogP contribution >= 0.6 is 0 Å². The van der Waals surface area contributed by atoms with E-state index in [2.05, 4.69) is 47.6 Å². The van der Waals surface area contributed by atoms with Gasteiger partial charge < -0.3 is 14.8 Å². The Morgan fingerprint density at radius 3 is 2.47 bits per heavy atom. The fourth-order valence-corrected chi connectivity index (χ4v) is 4.88. The second kappa shape index (κ2) is 10.8. The Morgan fingerprint density at radius 1 is 0.972 bits per heavy atom. The monoisotopic (exact) mass is 480 g/mol. The number of hydrogen-bond acceptors (Lipinski definition) is 3. The zero-order valence-electron chi connectivity index (χ0n) is 20.6. The lowest BCUT2D eigenvalue weighted by Crippen LogP contribution is -2.42. The van der Waals surface area contributed by atoms with Crippen molar-refractivity contribution in [2.45, 2.75) is 38.6 Å². The van der Waals surface area contributed by atoms with Gasteiger partial charge >= 0.3 is 0 Å². The number of amides is 2. The van der Waals surface area contributed by atoms with Crippen molar-refractivity contribution in [2.75, 3.05) is 18.4 Å². The maximum atomic E-state index is 13.6. The van der Waals surface area contributed by atoms with E-state index in [0.717, 1.165) is 37.1 Å². The van der Waals surface area contributed by atoms with Crippen LogP contribution in [0.5, 0.6) is 0 Å². The number of rotatable bonds is 7. The van der Waals surface area contributed by atoms with Crippen LogP contribution < -0.4 is 5.32 Å². The number of carbonyl (C=O) groups excluding carboxylic acids is 2. The lowest BCUT2D eigenvalue weighted by molar-refractivity contribution is -0.134. The highest BCUT2D eigenvalue weighted by Gasteiger charge is 2.29. The summed E-state index contributed by atoms with van der Waals surface area (Å²) in [5.41, 5.74) is 2.03. The third kappa shape index (κ3) is 5.48. The van der Waals surface area contributed by atoms with Crippen molar-refractivity contribution in [2.24, 2.45) is 5.92 Å². The number of carbonyl (C=O) groups is 2. The average Bonchev–Trinajstić information content (AvgIpc) is 3.36. The van der Waals surface area contributed by atoms with Crippen molar-refractivity contribution in [3.05, 3.63) is 96.4 Å². The summed E-state index contributed by atoms with van der Waals surface area (Å²) in [5, 5.41) is 5.27. The van der Waals surface area contributed by atoms with E-state index in [9.17, 15) is 9.59 Å². The van der Waals surface area contributed by atoms with Gasteiger partial charge in [0.05, 0.1) is 6.33 Å². The Balaban J connectivity index is 1.26. The number of likely N-dealkylation sites (tertiary alicyclic amines) is 1. The normalized spacial score (nSPS) is 15.1. The molecule has 0 radical (unpaired) electrons. The number of fused-ring (bicyclic) bond motifs is 1. The van der Waals surface area contributed by atoms with Gasteiger partial charge in [0.2, 0.25) is 11.8 Å². The molecule has 0 saturated carbocycles. The summed E-state index contributed by atoms with van der Waals surface area (Å²) < 4.78 is 1.81. The van der Waals surface area contributed by atoms with Gasteiger partial charge in [0.1, 0.15) is 6.04 Å². The van der Waals surface area contributed by atoms with Gasteiger partial charge in [0, 0.05) is 25.7 Å². The quantitative estimate of drug-likeness (QED) is 0.382. The number of hydrogen-bond donors (Lipinski definition) is 1. The van der Waals surface area contributed by atoms with E-state index in [1.54, 1.807) is 12.5 Å². The van der Waals surface area contributed by atoms with Crippen molar-refractivity contribution in [1.82, 2.24) is 14.5 Å². The van der Waals surface area contributed by atoms with Gasteiger partial charge in [-0.2, -0.15) is 0 Å². The van der Waals surface area contributed by atoms with E-state index >= 15 is 0 Å². The number of benzene rings is 3. The molecule has 0 spiro atoms. The van der Waals surface area contributed by atoms with Crippen LogP contribution in [0.1, 0.15) is 43.4 Å². The first-order chi connectivity index (χ1) is 17.6. The van der Waals surface area contributed by atoms with Crippen LogP contribution in [0.2, 0.25) is 0 Å². The van der Waals surface area contributed by atoms with Crippen molar-refractivity contribution in [3.63, 3.8) is 0 Å². The summed E-state index contributed by atoms with van der Waals surface area (Å²) in [5.74, 6) is 1.08. The largest absolute Gasteiger partial charge is 0.341 e. The minimum absolute atomic E-state index is 0.0691. The molecule has 1 fully saturated rings. The summed E-state index contributed by atoms with van der Waals surface area (Å²) >= 11 is 0. The average molecular weight is 481 g/mol. The molecular formula is C30H32N4O2. The van der Waals surface area contributed by atoms with Crippen LogP contribution in [-0.2, 0) is 16.0 Å². The molecule has 1 atom stereocenters. The Kier molecular flexibility index (Phi) is 7.12. The van der Waals surface area contributed by atoms with E-state index in [0.29, 0.717) is 24.6 Å². The number of nitrogens with one attached hydrogen (secondary N) is 1. The first-order valence-corrected chi connectivity index (χ1v) is 12.7. The number of anilines is 1. The molecular weight excluding hydrogens is 448 g/mol. The molecule has 4 aromatic rings. The Hall–Kier alpha value is -3.93. The molecule has 184 valence electrons. The molecule has 6 nitrogen and oxygen atoms in total. The fraction of sp³-hybridized carbons (Fsp3) is 0.300. The molecule has 36 heavy (non-hydrogen) atoms. The molecule has 0 bridgehead atoms. The van der Waals surface area contributed by atoms with E-state index in [4.69, 9.17) is 0 Å². The van der Waals surface area contributed by atoms with Gasteiger partial charge in [-0.1, -0.05) is 79.7 Å². The van der Waals surface area contributed by atoms with Crippen molar-refractivity contribution < 1.29 is 9.59 Å². The first-order valence-electron chi connectivity index (χ1n) is 12.7. The summed E-state index contributed by atoms with van der Waals surface area (Å²) in [6, 6.07) is 23.8. The first kappa shape index (κ1) is 23.8. The lowest BCUT2D eigenvalue weighted by Gasteiger charge is -2.33. The lowest BCUT2D eigenvalue weighted by atomic mass is 9.97. The van der Waals surface area contributed by atoms with Gasteiger partial charge in [0.25, 0.3) is 0 Å². The predicted molar refractivity (Wildman–Crippen MR) is 143 cm³/mol. The molecule has 1 unspecified atom stereocenters. The standard InChI is InChI=1S/C30H32N4O2/c1-22-15-17-33(18-16-22)30(36)29(25-8-3-2-4-9-25)34-20-27(31-21-34)32-28(35)14-12-23-11-13-24-7-5-6-10-26(24)19-23/h2-11,13,19-22,29H,12,14-18H2,1H3,(H,32,35). The Morgan fingerprint density at radius 2 is 1.69 bits per heavy atom. The summed E-state index contributed by atoms with van der Waals surface area (Å²) in [6.07, 6.45) is 6.45. The molecule has 1 aromatic heterocycles. The van der Waals surface area contributed by atoms with Crippen molar-refractivity contribution >= 4 is 28.4 Å². The molecule has 1 N–H and O–H groups in total. The van der Waals surface area contributed by atoms with Gasteiger partial charge in [-0.05, 0) is 47.1 Å². The third-order valence-electron chi connectivity index (χ3n) is 7.07. The molecule has 2 heterocycles. The molecule has 1 aliphatic heterocycles. The van der Waals surface area contributed by atoms with Crippen LogP contribution in [0, 0.1) is 5.92 Å². The second-order valence-corrected chi connectivity index (χ2v) is 9.76. The van der Waals surface area contributed by atoms with Gasteiger partial charge in [-0.25, -0.2) is 4.98 Å². The number of piperidine rings is 1. The van der Waals surface area contributed by atoms with E-state index in [1.807, 2.05) is 51.9 Å². The van der Waals surface area contributed by atoms with E-state index in [1.165, 1.54) is 10.8 Å². The topological polar surface area (TPSA) is 67.2 Å². The maximum Gasteiger partial charge on any atom is 0.250 e. The van der Waals surface area contributed by atoms with Crippen LogP contribution in [0.15, 0.2) is 85.3 Å². The van der Waals surface area contributed by atoms with Crippen LogP contribution in [0.3, 0.4) is 0 Å². The number of imidazole rings is 1. The number of aromatic nitrogens is 2. The Bertz CT molecular complexity index is 1340. The molecule has 0 aliphatic carbocycles. The zero-order valence-corrected chi connectivity index (χ0v) is 20.6. The van der Waals surface area contributed by atoms with Gasteiger partial charge in [-0.15, -0.1) is 0 Å². The second-order valence-electron chi connectivity index (χ2n) is 9.76. The van der Waals surface area contributed by atoms with Crippen LogP contribution in [-0.4, -0.2) is 39.4 Å². The molecule has 3 aromatic carbocycles. The van der Waals surface area contributed by atoms with E-state index in [-0.39, 0.29) is 11.8 Å². The SMILES string of the molecule is CC1CCN(C(=O)C(c2ccccc2)n2cnc(NC(=O)CCc3ccc4ccccc4c3)c2)CC1. The highest BCUT2D eigenvalue weighted by atomic mass is 16.2. The minimum atomic E-state index is -0.504. The Labute approximate surface area is 212 Å². The molecule has 2 amide bonds. The summed E-state index contributed by atoms with van der Waals surface area (Å²) in [6.45, 7) is 3.79. The van der Waals surface area contributed by atoms with Crippen molar-refractivity contribution in [1.29, 1.82) is 0 Å². The highest BCUT2D eigenvalue weighted by molar-refractivity contribution is 5.90. The molecule has 1 saturated heterocycles. The molecule has 5 rings (SSSR count). The third-order valence-corrected chi connectivity index (χ3v) is 7.07. The smallest absolute Gasteiger partial charge is 0.250 e. The summed E-state index contributed by atoms with van der Waals surface area (Å²) in [7, 11) is 0. The van der Waals surface area contributed by atoms with E-state index < -0.39 is 6.04 Å². The van der Waals surface area contributed by atoms with Gasteiger partial charge in [0.15, 0.2) is 5.82 Å². The van der Waals surface area contributed by atoms with Crippen molar-refractivity contribution in [3.8, 4) is 0 Å². The minimum Gasteiger partial charge on any atom is -0.341 e. The molecule has 1 aliphatic rings. The maximum absolute atomic E-state index is 13.6. The van der Waals surface area contributed by atoms with Crippen LogP contribution in [0.25, 0.3) is 10.8 Å². The highest BCUT2D eigenvalue weighted by Crippen LogP contribution is 2.26. The predicted octanol–water partition coefficient (Wildman–Crippen LogP) is 5.46. The number of aryl methyl sites for hydroxylation is 1. The zero-order chi connectivity index (χ0) is 24.9. The number of nitrogens with zero attached hydrogens (tertiary/aromatic N) is 3. The summed E-state index contributed by atoms with van der Waals surface area (Å²) in [4.78, 5) is 32.6.